The predicted octanol–water partition coefficient (Wildman–Crippen LogP) is 5.71. The molecule has 3 aromatic rings. The van der Waals surface area contributed by atoms with Crippen LogP contribution in [0.4, 0.5) is 0 Å². The van der Waals surface area contributed by atoms with Crippen molar-refractivity contribution in [1.29, 1.82) is 0 Å². The molecule has 3 aromatic carbocycles. The minimum Gasteiger partial charge on any atom is -0.494 e. The van der Waals surface area contributed by atoms with Crippen molar-refractivity contribution in [2.75, 3.05) is 33.0 Å². The van der Waals surface area contributed by atoms with Gasteiger partial charge in [0.15, 0.2) is 0 Å². The molecule has 0 fully saturated rings. The average Bonchev–Trinajstić information content (AvgIpc) is 3.04. The van der Waals surface area contributed by atoms with Gasteiger partial charge < -0.3 is 28.8 Å². The van der Waals surface area contributed by atoms with Crippen molar-refractivity contribution in [1.82, 2.24) is 0 Å². The van der Waals surface area contributed by atoms with Gasteiger partial charge in [-0.25, -0.2) is 14.4 Å². The summed E-state index contributed by atoms with van der Waals surface area (Å²) < 4.78 is 26.8. The van der Waals surface area contributed by atoms with Gasteiger partial charge in [0.25, 0.3) is 0 Å². The molecule has 226 valence electrons. The van der Waals surface area contributed by atoms with Crippen LogP contribution in [0, 0.1) is 0 Å². The predicted molar refractivity (Wildman–Crippen MR) is 161 cm³/mol. The van der Waals surface area contributed by atoms with Crippen molar-refractivity contribution in [2.45, 2.75) is 25.7 Å². The van der Waals surface area contributed by atoms with Crippen LogP contribution >= 0.6 is 0 Å². The molecule has 0 saturated heterocycles. The molecule has 9 heteroatoms. The fraction of sp³-hybridized carbons (Fsp3) is 0.265. The summed E-state index contributed by atoms with van der Waals surface area (Å²) in [5, 5.41) is 8.84. The van der Waals surface area contributed by atoms with Gasteiger partial charge in [-0.05, 0) is 85.3 Å². The van der Waals surface area contributed by atoms with Crippen LogP contribution in [-0.4, -0.2) is 56.0 Å². The van der Waals surface area contributed by atoms with E-state index < -0.39 is 24.5 Å². The second kappa shape index (κ2) is 17.8. The number of hydrogen-bond donors (Lipinski definition) is 1. The van der Waals surface area contributed by atoms with Crippen molar-refractivity contribution < 1.29 is 43.2 Å². The Morgan fingerprint density at radius 1 is 0.651 bits per heavy atom. The Kier molecular flexibility index (Phi) is 13.5. The fourth-order valence-electron chi connectivity index (χ4n) is 3.66. The van der Waals surface area contributed by atoms with Gasteiger partial charge in [0.05, 0.1) is 44.2 Å². The molecule has 0 unspecified atom stereocenters. The molecular formula is C34H36O9. The monoisotopic (exact) mass is 588 g/mol. The molecule has 0 atom stereocenters. The number of benzene rings is 3. The van der Waals surface area contributed by atoms with E-state index >= 15 is 0 Å². The first-order chi connectivity index (χ1) is 20.9. The molecule has 0 spiro atoms. The average molecular weight is 589 g/mol. The second-order valence-electron chi connectivity index (χ2n) is 9.34. The van der Waals surface area contributed by atoms with Gasteiger partial charge in [0.2, 0.25) is 0 Å². The van der Waals surface area contributed by atoms with Crippen LogP contribution in [0.15, 0.2) is 97.6 Å². The molecule has 0 radical (unpaired) electrons. The minimum absolute atomic E-state index is 0.0244. The molecule has 1 N–H and O–H groups in total. The maximum Gasteiger partial charge on any atom is 0.343 e. The Morgan fingerprint density at radius 2 is 1.12 bits per heavy atom. The highest BCUT2D eigenvalue weighted by molar-refractivity contribution is 5.91. The van der Waals surface area contributed by atoms with Crippen LogP contribution in [0.2, 0.25) is 0 Å². The third-order valence-electron chi connectivity index (χ3n) is 6.08. The standard InChI is InChI=1S/C34H36O9/c1-3-32(36)41-22-6-4-20-39-29-14-8-26(9-15-29)27-10-18-31(19-11-27)43-34(38)28-12-16-30(17-13-28)40-21-5-7-23-42-33(37)25(2)24-35/h3,8-19,35H,1-2,4-7,20-24H2. The summed E-state index contributed by atoms with van der Waals surface area (Å²) in [5.74, 6) is 0.278. The Hall–Kier alpha value is -4.89. The van der Waals surface area contributed by atoms with Gasteiger partial charge >= 0.3 is 17.9 Å². The van der Waals surface area contributed by atoms with Crippen molar-refractivity contribution in [3.8, 4) is 28.4 Å². The van der Waals surface area contributed by atoms with Crippen molar-refractivity contribution in [3.63, 3.8) is 0 Å². The molecule has 9 nitrogen and oxygen atoms in total. The Morgan fingerprint density at radius 3 is 1.63 bits per heavy atom. The molecular weight excluding hydrogens is 552 g/mol. The maximum absolute atomic E-state index is 12.6. The lowest BCUT2D eigenvalue weighted by molar-refractivity contribution is -0.140. The van der Waals surface area contributed by atoms with Crippen LogP contribution in [0.5, 0.6) is 17.2 Å². The highest BCUT2D eigenvalue weighted by Crippen LogP contribution is 2.25. The molecule has 0 heterocycles. The lowest BCUT2D eigenvalue weighted by Crippen LogP contribution is -2.11. The van der Waals surface area contributed by atoms with Gasteiger partial charge in [-0.1, -0.05) is 37.4 Å². The summed E-state index contributed by atoms with van der Waals surface area (Å²) in [6, 6.07) is 21.6. The van der Waals surface area contributed by atoms with Gasteiger partial charge in [0, 0.05) is 6.08 Å². The summed E-state index contributed by atoms with van der Waals surface area (Å²) >= 11 is 0. The smallest absolute Gasteiger partial charge is 0.343 e. The summed E-state index contributed by atoms with van der Waals surface area (Å²) in [5.41, 5.74) is 2.37. The zero-order valence-corrected chi connectivity index (χ0v) is 24.0. The first-order valence-electron chi connectivity index (χ1n) is 13.9. The van der Waals surface area contributed by atoms with Gasteiger partial charge in [0.1, 0.15) is 17.2 Å². The number of aliphatic hydroxyl groups excluding tert-OH is 1. The molecule has 0 saturated carbocycles. The first kappa shape index (κ1) is 32.6. The SMILES string of the molecule is C=CC(=O)OCCCCOc1ccc(-c2ccc(OC(=O)c3ccc(OCCCCOC(=O)C(=C)CO)cc3)cc2)cc1. The number of unbranched alkanes of at least 4 members (excludes halogenated alkanes) is 2. The van der Waals surface area contributed by atoms with E-state index in [0.717, 1.165) is 29.4 Å². The normalized spacial score (nSPS) is 10.3. The van der Waals surface area contributed by atoms with E-state index in [-0.39, 0.29) is 12.2 Å². The van der Waals surface area contributed by atoms with E-state index in [1.807, 2.05) is 36.4 Å². The van der Waals surface area contributed by atoms with E-state index in [0.29, 0.717) is 56.1 Å². The largest absolute Gasteiger partial charge is 0.494 e. The minimum atomic E-state index is -0.602. The summed E-state index contributed by atoms with van der Waals surface area (Å²) in [7, 11) is 0. The second-order valence-corrected chi connectivity index (χ2v) is 9.34. The van der Waals surface area contributed by atoms with E-state index in [4.69, 9.17) is 28.8 Å². The van der Waals surface area contributed by atoms with Crippen LogP contribution in [0.1, 0.15) is 36.0 Å². The zero-order valence-electron chi connectivity index (χ0n) is 24.0. The van der Waals surface area contributed by atoms with Gasteiger partial charge in [-0.2, -0.15) is 0 Å². The number of carbonyl (C=O) groups is 3. The van der Waals surface area contributed by atoms with Crippen LogP contribution in [0.3, 0.4) is 0 Å². The summed E-state index contributed by atoms with van der Waals surface area (Å²) in [6.45, 7) is 7.84. The van der Waals surface area contributed by atoms with E-state index in [1.165, 1.54) is 0 Å². The highest BCUT2D eigenvalue weighted by Gasteiger charge is 2.10. The summed E-state index contributed by atoms with van der Waals surface area (Å²) in [6.07, 6.45) is 3.88. The third-order valence-corrected chi connectivity index (χ3v) is 6.08. The maximum atomic E-state index is 12.6. The number of esters is 3. The number of aliphatic hydroxyl groups is 1. The summed E-state index contributed by atoms with van der Waals surface area (Å²) in [4.78, 5) is 35.0. The van der Waals surface area contributed by atoms with Crippen LogP contribution < -0.4 is 14.2 Å². The lowest BCUT2D eigenvalue weighted by atomic mass is 10.1. The Labute approximate surface area is 251 Å². The zero-order chi connectivity index (χ0) is 30.9. The molecule has 0 aliphatic carbocycles. The van der Waals surface area contributed by atoms with Crippen LogP contribution in [-0.2, 0) is 19.1 Å². The van der Waals surface area contributed by atoms with E-state index in [9.17, 15) is 14.4 Å². The van der Waals surface area contributed by atoms with Gasteiger partial charge in [-0.15, -0.1) is 0 Å². The molecule has 0 amide bonds. The van der Waals surface area contributed by atoms with E-state index in [1.54, 1.807) is 36.4 Å². The topological polar surface area (TPSA) is 118 Å². The first-order valence-corrected chi connectivity index (χ1v) is 13.9. The molecule has 3 rings (SSSR count). The fourth-order valence-corrected chi connectivity index (χ4v) is 3.66. The number of rotatable bonds is 18. The third kappa shape index (κ3) is 11.5. The lowest BCUT2D eigenvalue weighted by Gasteiger charge is -2.09. The molecule has 43 heavy (non-hydrogen) atoms. The number of hydrogen-bond acceptors (Lipinski definition) is 9. The number of carbonyl (C=O) groups excluding carboxylic acids is 3. The van der Waals surface area contributed by atoms with Crippen molar-refractivity contribution >= 4 is 17.9 Å². The molecule has 0 bridgehead atoms. The molecule has 0 aromatic heterocycles. The number of ether oxygens (including phenoxy) is 5. The quantitative estimate of drug-likeness (QED) is 0.0863. The Balaban J connectivity index is 1.37. The van der Waals surface area contributed by atoms with Gasteiger partial charge in [-0.3, -0.25) is 0 Å². The van der Waals surface area contributed by atoms with E-state index in [2.05, 4.69) is 13.2 Å². The van der Waals surface area contributed by atoms with Crippen molar-refractivity contribution in [3.05, 3.63) is 103 Å². The van der Waals surface area contributed by atoms with Crippen molar-refractivity contribution in [2.24, 2.45) is 0 Å². The highest BCUT2D eigenvalue weighted by atomic mass is 16.5. The van der Waals surface area contributed by atoms with Crippen LogP contribution in [0.25, 0.3) is 11.1 Å². The molecule has 0 aliphatic heterocycles. The molecule has 0 aliphatic rings. The Bertz CT molecular complexity index is 1340.